The van der Waals surface area contributed by atoms with Crippen LogP contribution in [0.5, 0.6) is 17.2 Å². The molecule has 5 rings (SSSR count). The Kier molecular flexibility index (Phi) is 9.14. The Morgan fingerprint density at radius 1 is 1.13 bits per heavy atom. The first-order chi connectivity index (χ1) is 18.9. The fraction of sp³-hybridized carbons (Fsp3) is 0.357. The SMILES string of the molecule is CCc1ocnc1C(=O)N1CCCNC(=O)c2ccc(c(OC)c2)Oc2cc(F)cc(c2)CNC(=O)CCC1. The lowest BCUT2D eigenvalue weighted by molar-refractivity contribution is -0.121. The van der Waals surface area contributed by atoms with E-state index >= 15 is 0 Å². The summed E-state index contributed by atoms with van der Waals surface area (Å²) in [7, 11) is 1.44. The van der Waals surface area contributed by atoms with Crippen LogP contribution < -0.4 is 20.1 Å². The van der Waals surface area contributed by atoms with E-state index in [-0.39, 0.29) is 42.1 Å². The second-order valence-corrected chi connectivity index (χ2v) is 9.02. The van der Waals surface area contributed by atoms with Crippen molar-refractivity contribution in [3.05, 3.63) is 71.2 Å². The van der Waals surface area contributed by atoms with Crippen molar-refractivity contribution in [1.29, 1.82) is 0 Å². The second-order valence-electron chi connectivity index (χ2n) is 9.02. The highest BCUT2D eigenvalue weighted by molar-refractivity contribution is 5.95. The third-order valence-corrected chi connectivity index (χ3v) is 6.25. The van der Waals surface area contributed by atoms with Crippen molar-refractivity contribution >= 4 is 17.7 Å². The lowest BCUT2D eigenvalue weighted by Gasteiger charge is -2.22. The van der Waals surface area contributed by atoms with Crippen LogP contribution in [0.3, 0.4) is 0 Å². The number of nitrogens with zero attached hydrogens (tertiary/aromatic N) is 2. The largest absolute Gasteiger partial charge is 0.493 e. The predicted molar refractivity (Wildman–Crippen MR) is 139 cm³/mol. The minimum atomic E-state index is -0.526. The number of hydrogen-bond acceptors (Lipinski definition) is 7. The highest BCUT2D eigenvalue weighted by Gasteiger charge is 2.22. The molecule has 0 fully saturated rings. The highest BCUT2D eigenvalue weighted by Crippen LogP contribution is 2.33. The molecule has 206 valence electrons. The Morgan fingerprint density at radius 2 is 1.95 bits per heavy atom. The van der Waals surface area contributed by atoms with Gasteiger partial charge in [-0.15, -0.1) is 0 Å². The Hall–Kier alpha value is -4.41. The monoisotopic (exact) mass is 538 g/mol. The summed E-state index contributed by atoms with van der Waals surface area (Å²) in [6.45, 7) is 2.95. The summed E-state index contributed by atoms with van der Waals surface area (Å²) in [6, 6.07) is 8.84. The Morgan fingerprint density at radius 3 is 2.74 bits per heavy atom. The highest BCUT2D eigenvalue weighted by atomic mass is 19.1. The van der Waals surface area contributed by atoms with Crippen LogP contribution in [-0.2, 0) is 17.8 Å². The van der Waals surface area contributed by atoms with Gasteiger partial charge >= 0.3 is 0 Å². The smallest absolute Gasteiger partial charge is 0.276 e. The second kappa shape index (κ2) is 12.9. The number of fused-ring (bicyclic) bond motifs is 13. The molecule has 2 aliphatic rings. The van der Waals surface area contributed by atoms with E-state index in [2.05, 4.69) is 15.6 Å². The van der Waals surface area contributed by atoms with Gasteiger partial charge in [0, 0.05) is 50.7 Å². The summed E-state index contributed by atoms with van der Waals surface area (Å²) in [6.07, 6.45) is 2.83. The zero-order valence-corrected chi connectivity index (χ0v) is 21.9. The van der Waals surface area contributed by atoms with Gasteiger partial charge in [0.2, 0.25) is 5.91 Å². The minimum absolute atomic E-state index is 0.102. The van der Waals surface area contributed by atoms with Gasteiger partial charge in [-0.3, -0.25) is 14.4 Å². The molecule has 10 nitrogen and oxygen atoms in total. The third kappa shape index (κ3) is 7.13. The topological polar surface area (TPSA) is 123 Å². The number of hydrogen-bond donors (Lipinski definition) is 2. The van der Waals surface area contributed by atoms with Gasteiger partial charge < -0.3 is 29.4 Å². The molecule has 11 heteroatoms. The van der Waals surface area contributed by atoms with Crippen molar-refractivity contribution in [2.45, 2.75) is 39.2 Å². The van der Waals surface area contributed by atoms with Crippen LogP contribution in [0.2, 0.25) is 0 Å². The average molecular weight is 539 g/mol. The van der Waals surface area contributed by atoms with Gasteiger partial charge in [0.15, 0.2) is 23.6 Å². The number of carbonyl (C=O) groups excluding carboxylic acids is 3. The Bertz CT molecular complexity index is 1340. The molecule has 0 saturated heterocycles. The summed E-state index contributed by atoms with van der Waals surface area (Å²) in [5.74, 6) is -0.0505. The van der Waals surface area contributed by atoms with Gasteiger partial charge in [0.1, 0.15) is 17.3 Å². The van der Waals surface area contributed by atoms with E-state index < -0.39 is 5.82 Å². The summed E-state index contributed by atoms with van der Waals surface area (Å²) < 4.78 is 30.9. The van der Waals surface area contributed by atoms with Gasteiger partial charge in [0.05, 0.1) is 7.11 Å². The summed E-state index contributed by atoms with van der Waals surface area (Å²) >= 11 is 0. The number of carbonyl (C=O) groups is 3. The van der Waals surface area contributed by atoms with Crippen LogP contribution in [-0.4, -0.2) is 54.3 Å². The van der Waals surface area contributed by atoms with Crippen molar-refractivity contribution in [3.8, 4) is 17.2 Å². The number of halogens is 1. The Labute approximate surface area is 225 Å². The van der Waals surface area contributed by atoms with E-state index in [1.807, 2.05) is 6.92 Å². The molecule has 0 radical (unpaired) electrons. The number of rotatable bonds is 3. The molecule has 39 heavy (non-hydrogen) atoms. The summed E-state index contributed by atoms with van der Waals surface area (Å²) in [5, 5.41) is 5.64. The van der Waals surface area contributed by atoms with E-state index in [0.29, 0.717) is 67.3 Å². The molecule has 2 N–H and O–H groups in total. The van der Waals surface area contributed by atoms with Gasteiger partial charge in [-0.2, -0.15) is 0 Å². The van der Waals surface area contributed by atoms with Gasteiger partial charge in [0.25, 0.3) is 11.8 Å². The molecule has 2 aromatic carbocycles. The van der Waals surface area contributed by atoms with E-state index in [1.54, 1.807) is 23.1 Å². The van der Waals surface area contributed by atoms with Gasteiger partial charge in [-0.25, -0.2) is 9.37 Å². The van der Waals surface area contributed by atoms with E-state index in [0.717, 1.165) is 0 Å². The van der Waals surface area contributed by atoms with E-state index in [4.69, 9.17) is 13.9 Å². The number of aromatic nitrogens is 1. The molecule has 3 heterocycles. The molecule has 0 unspecified atom stereocenters. The third-order valence-electron chi connectivity index (χ3n) is 6.25. The predicted octanol–water partition coefficient (Wildman–Crippen LogP) is 3.85. The summed E-state index contributed by atoms with van der Waals surface area (Å²) in [5.41, 5.74) is 1.12. The summed E-state index contributed by atoms with van der Waals surface area (Å²) in [4.78, 5) is 44.2. The normalized spacial score (nSPS) is 15.2. The lowest BCUT2D eigenvalue weighted by atomic mass is 10.1. The van der Waals surface area contributed by atoms with Crippen molar-refractivity contribution in [2.24, 2.45) is 0 Å². The van der Waals surface area contributed by atoms with Crippen molar-refractivity contribution in [3.63, 3.8) is 0 Å². The molecular formula is C28H31FN4O6. The quantitative estimate of drug-likeness (QED) is 0.519. The van der Waals surface area contributed by atoms with Gasteiger partial charge in [-0.1, -0.05) is 6.92 Å². The van der Waals surface area contributed by atoms with E-state index in [1.165, 1.54) is 31.7 Å². The fourth-order valence-electron chi connectivity index (χ4n) is 4.26. The molecule has 1 aromatic heterocycles. The Balaban J connectivity index is 1.57. The molecule has 4 bridgehead atoms. The first kappa shape index (κ1) is 27.6. The minimum Gasteiger partial charge on any atom is -0.493 e. The molecule has 3 aromatic rings. The molecule has 0 saturated carbocycles. The first-order valence-electron chi connectivity index (χ1n) is 12.8. The standard InChI is InChI=1S/C28H31FN4O6/c1-3-22-26(32-17-38-22)28(36)33-10-4-6-25(34)31-16-18-12-20(29)15-21(13-18)39-23-8-7-19(14-24(23)37-2)27(35)30-9-5-11-33/h7-8,12-15,17H,3-6,9-11,16H2,1-2H3,(H,30,35)(H,31,34). The van der Waals surface area contributed by atoms with Crippen molar-refractivity contribution in [1.82, 2.24) is 20.5 Å². The fourth-order valence-corrected chi connectivity index (χ4v) is 4.26. The number of ether oxygens (including phenoxy) is 2. The molecule has 3 amide bonds. The van der Waals surface area contributed by atoms with Crippen LogP contribution >= 0.6 is 0 Å². The van der Waals surface area contributed by atoms with E-state index in [9.17, 15) is 18.8 Å². The molecule has 0 atom stereocenters. The maximum Gasteiger partial charge on any atom is 0.276 e. The van der Waals surface area contributed by atoms with Crippen LogP contribution in [0.4, 0.5) is 4.39 Å². The molecule has 2 aliphatic heterocycles. The maximum absolute atomic E-state index is 14.3. The molecule has 0 spiro atoms. The van der Waals surface area contributed by atoms with Crippen LogP contribution in [0.15, 0.2) is 47.2 Å². The zero-order valence-electron chi connectivity index (χ0n) is 21.9. The number of methoxy groups -OCH3 is 1. The number of amides is 3. The van der Waals surface area contributed by atoms with Crippen molar-refractivity contribution in [2.75, 3.05) is 26.7 Å². The number of benzene rings is 2. The van der Waals surface area contributed by atoms with Crippen LogP contribution in [0.25, 0.3) is 0 Å². The number of aryl methyl sites for hydroxylation is 1. The zero-order chi connectivity index (χ0) is 27.8. The average Bonchev–Trinajstić information content (AvgIpc) is 3.41. The van der Waals surface area contributed by atoms with Crippen LogP contribution in [0.1, 0.15) is 58.4 Å². The molecule has 0 aliphatic carbocycles. The molecular weight excluding hydrogens is 507 g/mol. The van der Waals surface area contributed by atoms with Gasteiger partial charge in [-0.05, 0) is 48.7 Å². The lowest BCUT2D eigenvalue weighted by Crippen LogP contribution is -2.36. The van der Waals surface area contributed by atoms with Crippen molar-refractivity contribution < 1.29 is 32.7 Å². The number of oxazole rings is 1. The van der Waals surface area contributed by atoms with Crippen LogP contribution in [0, 0.1) is 5.82 Å². The first-order valence-corrected chi connectivity index (χ1v) is 12.8. The number of nitrogens with one attached hydrogen (secondary N) is 2. The maximum atomic E-state index is 14.3.